The van der Waals surface area contributed by atoms with Gasteiger partial charge in [0.2, 0.25) is 5.91 Å². The predicted molar refractivity (Wildman–Crippen MR) is 93.9 cm³/mol. The van der Waals surface area contributed by atoms with E-state index in [9.17, 15) is 14.0 Å². The number of thiophene rings is 1. The summed E-state index contributed by atoms with van der Waals surface area (Å²) < 4.78 is 12.9. The fraction of sp³-hybridized carbons (Fsp3) is 0.188. The zero-order valence-corrected chi connectivity index (χ0v) is 14.3. The lowest BCUT2D eigenvalue weighted by molar-refractivity contribution is -0.119. The van der Waals surface area contributed by atoms with Crippen molar-refractivity contribution in [3.8, 4) is 0 Å². The minimum absolute atomic E-state index is 0.130. The monoisotopic (exact) mass is 363 g/mol. The lowest BCUT2D eigenvalue weighted by Crippen LogP contribution is -2.28. The highest BCUT2D eigenvalue weighted by molar-refractivity contribution is 7.99. The van der Waals surface area contributed by atoms with Crippen LogP contribution < -0.4 is 10.9 Å². The summed E-state index contributed by atoms with van der Waals surface area (Å²) in [4.78, 5) is 31.5. The Bertz CT molecular complexity index is 921. The Morgan fingerprint density at radius 3 is 2.88 bits per heavy atom. The molecule has 0 saturated heterocycles. The molecule has 5 nitrogen and oxygen atoms in total. The van der Waals surface area contributed by atoms with Crippen molar-refractivity contribution in [2.75, 3.05) is 5.75 Å². The molecule has 0 spiro atoms. The van der Waals surface area contributed by atoms with Crippen LogP contribution in [-0.4, -0.2) is 21.6 Å². The van der Waals surface area contributed by atoms with Crippen molar-refractivity contribution < 1.29 is 9.18 Å². The summed E-state index contributed by atoms with van der Waals surface area (Å²) >= 11 is 2.55. The van der Waals surface area contributed by atoms with E-state index in [1.54, 1.807) is 23.6 Å². The topological polar surface area (TPSA) is 74.8 Å². The summed E-state index contributed by atoms with van der Waals surface area (Å²) in [5.41, 5.74) is 0.616. The zero-order chi connectivity index (χ0) is 17.1. The first-order chi connectivity index (χ1) is 11.5. The molecule has 24 heavy (non-hydrogen) atoms. The Morgan fingerprint density at radius 1 is 1.38 bits per heavy atom. The Labute approximate surface area is 145 Å². The third-order valence-corrected chi connectivity index (χ3v) is 5.08. The first-order valence-corrected chi connectivity index (χ1v) is 9.04. The average molecular weight is 363 g/mol. The van der Waals surface area contributed by atoms with Crippen LogP contribution in [0.4, 0.5) is 4.39 Å². The van der Waals surface area contributed by atoms with E-state index in [4.69, 9.17) is 0 Å². The smallest absolute Gasteiger partial charge is 0.260 e. The highest BCUT2D eigenvalue weighted by Gasteiger charge is 2.12. The van der Waals surface area contributed by atoms with Gasteiger partial charge < -0.3 is 10.3 Å². The second-order valence-electron chi connectivity index (χ2n) is 5.14. The van der Waals surface area contributed by atoms with Gasteiger partial charge in [-0.3, -0.25) is 9.59 Å². The molecule has 3 aromatic rings. The van der Waals surface area contributed by atoms with Gasteiger partial charge in [0, 0.05) is 0 Å². The molecule has 0 fully saturated rings. The average Bonchev–Trinajstić information content (AvgIpc) is 3.02. The second-order valence-corrected chi connectivity index (χ2v) is 7.00. The van der Waals surface area contributed by atoms with E-state index >= 15 is 0 Å². The first-order valence-electron chi connectivity index (χ1n) is 7.18. The van der Waals surface area contributed by atoms with Gasteiger partial charge in [0.25, 0.3) is 5.56 Å². The molecule has 1 aromatic carbocycles. The Kier molecular flexibility index (Phi) is 4.96. The van der Waals surface area contributed by atoms with Gasteiger partial charge in [-0.2, -0.15) is 0 Å². The molecule has 2 aromatic heterocycles. The van der Waals surface area contributed by atoms with E-state index in [2.05, 4.69) is 15.3 Å². The minimum atomic E-state index is -0.313. The van der Waals surface area contributed by atoms with Crippen LogP contribution in [0, 0.1) is 5.82 Å². The SMILES string of the molecule is CC(NC(=O)CSc1nc2sccc2c(=O)[nH]1)c1ccc(F)cc1. The number of benzene rings is 1. The van der Waals surface area contributed by atoms with E-state index in [1.807, 2.05) is 6.92 Å². The molecule has 0 radical (unpaired) electrons. The summed E-state index contributed by atoms with van der Waals surface area (Å²) in [6, 6.07) is 7.48. The molecule has 3 rings (SSSR count). The van der Waals surface area contributed by atoms with Crippen LogP contribution in [0.5, 0.6) is 0 Å². The van der Waals surface area contributed by atoms with Gasteiger partial charge >= 0.3 is 0 Å². The number of hydrogen-bond donors (Lipinski definition) is 2. The lowest BCUT2D eigenvalue weighted by Gasteiger charge is -2.14. The van der Waals surface area contributed by atoms with Gasteiger partial charge in [-0.1, -0.05) is 23.9 Å². The number of rotatable bonds is 5. The lowest BCUT2D eigenvalue weighted by atomic mass is 10.1. The number of nitrogens with one attached hydrogen (secondary N) is 2. The molecule has 8 heteroatoms. The fourth-order valence-corrected chi connectivity index (χ4v) is 3.66. The molecule has 0 aliphatic heterocycles. The molecule has 1 unspecified atom stereocenters. The van der Waals surface area contributed by atoms with Gasteiger partial charge in [-0.15, -0.1) is 11.3 Å². The Balaban J connectivity index is 1.60. The third kappa shape index (κ3) is 3.82. The van der Waals surface area contributed by atoms with Crippen LogP contribution >= 0.6 is 23.1 Å². The summed E-state index contributed by atoms with van der Waals surface area (Å²) in [7, 11) is 0. The summed E-state index contributed by atoms with van der Waals surface area (Å²) in [6.45, 7) is 1.83. The van der Waals surface area contributed by atoms with Gasteiger partial charge in [0.1, 0.15) is 10.6 Å². The van der Waals surface area contributed by atoms with Gasteiger partial charge in [0.15, 0.2) is 5.16 Å². The quantitative estimate of drug-likeness (QED) is 0.540. The molecule has 2 N–H and O–H groups in total. The predicted octanol–water partition coefficient (Wildman–Crippen LogP) is 3.09. The van der Waals surface area contributed by atoms with Crippen LogP contribution in [0.3, 0.4) is 0 Å². The number of carbonyl (C=O) groups excluding carboxylic acids is 1. The minimum Gasteiger partial charge on any atom is -0.349 e. The number of fused-ring (bicyclic) bond motifs is 1. The maximum atomic E-state index is 12.9. The van der Waals surface area contributed by atoms with Crippen molar-refractivity contribution in [1.82, 2.24) is 15.3 Å². The molecule has 0 bridgehead atoms. The Hall–Kier alpha value is -2.19. The van der Waals surface area contributed by atoms with Crippen LogP contribution in [0.2, 0.25) is 0 Å². The van der Waals surface area contributed by atoms with E-state index in [0.717, 1.165) is 5.56 Å². The number of aromatic amines is 1. The highest BCUT2D eigenvalue weighted by atomic mass is 32.2. The molecule has 2 heterocycles. The van der Waals surface area contributed by atoms with E-state index in [1.165, 1.54) is 35.2 Å². The third-order valence-electron chi connectivity index (χ3n) is 3.40. The Morgan fingerprint density at radius 2 is 2.12 bits per heavy atom. The van der Waals surface area contributed by atoms with Gasteiger partial charge in [-0.25, -0.2) is 9.37 Å². The maximum absolute atomic E-state index is 12.9. The standard InChI is InChI=1S/C16H14FN3O2S2/c1-9(10-2-4-11(17)5-3-10)18-13(21)8-24-16-19-14(22)12-6-7-23-15(12)20-16/h2-7,9H,8H2,1H3,(H,18,21)(H,19,20,22). The number of hydrogen-bond acceptors (Lipinski definition) is 5. The number of halogens is 1. The second kappa shape index (κ2) is 7.14. The van der Waals surface area contributed by atoms with E-state index < -0.39 is 0 Å². The van der Waals surface area contributed by atoms with Crippen molar-refractivity contribution in [2.24, 2.45) is 0 Å². The molecular weight excluding hydrogens is 349 g/mol. The van der Waals surface area contributed by atoms with Crippen LogP contribution in [0.15, 0.2) is 45.7 Å². The van der Waals surface area contributed by atoms with Crippen molar-refractivity contribution in [3.05, 3.63) is 57.4 Å². The van der Waals surface area contributed by atoms with Crippen LogP contribution in [0.1, 0.15) is 18.5 Å². The molecule has 0 aliphatic carbocycles. The number of amides is 1. The summed E-state index contributed by atoms with van der Waals surface area (Å²) in [6.07, 6.45) is 0. The molecular formula is C16H14FN3O2S2. The van der Waals surface area contributed by atoms with Gasteiger partial charge in [-0.05, 0) is 36.1 Å². The normalized spacial score (nSPS) is 12.2. The van der Waals surface area contributed by atoms with E-state index in [-0.39, 0.29) is 29.1 Å². The summed E-state index contributed by atoms with van der Waals surface area (Å²) in [5.74, 6) is -0.372. The van der Waals surface area contributed by atoms with E-state index in [0.29, 0.717) is 15.4 Å². The number of H-pyrrole nitrogens is 1. The molecule has 124 valence electrons. The zero-order valence-electron chi connectivity index (χ0n) is 12.7. The number of thioether (sulfide) groups is 1. The number of carbonyl (C=O) groups is 1. The largest absolute Gasteiger partial charge is 0.349 e. The molecule has 1 amide bonds. The highest BCUT2D eigenvalue weighted by Crippen LogP contribution is 2.19. The molecule has 1 atom stereocenters. The van der Waals surface area contributed by atoms with Crippen LogP contribution in [0.25, 0.3) is 10.2 Å². The van der Waals surface area contributed by atoms with Crippen molar-refractivity contribution in [1.29, 1.82) is 0 Å². The van der Waals surface area contributed by atoms with Crippen LogP contribution in [-0.2, 0) is 4.79 Å². The first kappa shape index (κ1) is 16.7. The molecule has 0 saturated carbocycles. The fourth-order valence-electron chi connectivity index (χ4n) is 2.17. The number of nitrogens with zero attached hydrogens (tertiary/aromatic N) is 1. The van der Waals surface area contributed by atoms with Gasteiger partial charge in [0.05, 0.1) is 17.2 Å². The van der Waals surface area contributed by atoms with Crippen molar-refractivity contribution in [3.63, 3.8) is 0 Å². The number of aromatic nitrogens is 2. The van der Waals surface area contributed by atoms with Crippen molar-refractivity contribution >= 4 is 39.2 Å². The maximum Gasteiger partial charge on any atom is 0.260 e. The summed E-state index contributed by atoms with van der Waals surface area (Å²) in [5, 5.41) is 5.61. The van der Waals surface area contributed by atoms with Crippen molar-refractivity contribution in [2.45, 2.75) is 18.1 Å². The molecule has 0 aliphatic rings.